The van der Waals surface area contributed by atoms with Crippen molar-refractivity contribution in [1.29, 1.82) is 0 Å². The third kappa shape index (κ3) is 2.46. The van der Waals surface area contributed by atoms with Gasteiger partial charge in [-0.15, -0.1) is 0 Å². The number of epoxide rings is 1. The predicted molar refractivity (Wildman–Crippen MR) is 44.4 cm³/mol. The molecule has 11 heavy (non-hydrogen) atoms. The summed E-state index contributed by atoms with van der Waals surface area (Å²) in [5.41, 5.74) is -0.200. The van der Waals surface area contributed by atoms with Crippen molar-refractivity contribution in [3.05, 3.63) is 0 Å². The van der Waals surface area contributed by atoms with E-state index in [1.54, 1.807) is 0 Å². The lowest BCUT2D eigenvalue weighted by Gasteiger charge is -2.15. The first-order valence-corrected chi connectivity index (χ1v) is 4.36. The van der Waals surface area contributed by atoms with Crippen molar-refractivity contribution in [2.75, 3.05) is 6.61 Å². The molecule has 2 heteroatoms. The average Bonchev–Trinajstić information content (AvgIpc) is 2.64. The number of aliphatic hydroxyl groups excluding tert-OH is 1. The van der Waals surface area contributed by atoms with E-state index in [1.165, 1.54) is 0 Å². The minimum Gasteiger partial charge on any atom is -0.390 e. The Labute approximate surface area is 68.6 Å². The molecule has 0 amide bonds. The van der Waals surface area contributed by atoms with Gasteiger partial charge >= 0.3 is 0 Å². The quantitative estimate of drug-likeness (QED) is 0.630. The lowest BCUT2D eigenvalue weighted by Crippen LogP contribution is -2.26. The van der Waals surface area contributed by atoms with Gasteiger partial charge in [-0.05, 0) is 25.7 Å². The molecular weight excluding hydrogens is 140 g/mol. The molecule has 66 valence electrons. The molecule has 0 bridgehead atoms. The Morgan fingerprint density at radius 1 is 1.45 bits per heavy atom. The van der Waals surface area contributed by atoms with Crippen molar-refractivity contribution in [1.82, 2.24) is 0 Å². The molecule has 1 N–H and O–H groups in total. The second-order valence-corrected chi connectivity index (χ2v) is 4.09. The maximum Gasteiger partial charge on any atom is 0.115 e. The highest BCUT2D eigenvalue weighted by Crippen LogP contribution is 2.32. The Hall–Kier alpha value is -0.0800. The van der Waals surface area contributed by atoms with E-state index in [9.17, 15) is 5.11 Å². The Morgan fingerprint density at radius 3 is 2.36 bits per heavy atom. The zero-order valence-corrected chi connectivity index (χ0v) is 7.63. The van der Waals surface area contributed by atoms with Gasteiger partial charge in [0.05, 0.1) is 12.7 Å². The molecule has 1 saturated heterocycles. The molecule has 1 rings (SSSR count). The SMILES string of the molecule is CC(C)CCC(O)C1(C)CO1. The van der Waals surface area contributed by atoms with Crippen LogP contribution < -0.4 is 0 Å². The van der Waals surface area contributed by atoms with Crippen molar-refractivity contribution in [2.24, 2.45) is 5.92 Å². The van der Waals surface area contributed by atoms with Crippen LogP contribution in [0.3, 0.4) is 0 Å². The Balaban J connectivity index is 2.16. The monoisotopic (exact) mass is 158 g/mol. The second-order valence-electron chi connectivity index (χ2n) is 4.09. The molecular formula is C9H18O2. The van der Waals surface area contributed by atoms with Gasteiger partial charge in [0.2, 0.25) is 0 Å². The summed E-state index contributed by atoms with van der Waals surface area (Å²) < 4.78 is 5.14. The molecule has 1 heterocycles. The lowest BCUT2D eigenvalue weighted by atomic mass is 9.97. The predicted octanol–water partition coefficient (Wildman–Crippen LogP) is 1.57. The first-order valence-electron chi connectivity index (χ1n) is 4.36. The molecule has 1 aliphatic rings. The number of aliphatic hydroxyl groups is 1. The van der Waals surface area contributed by atoms with Crippen molar-refractivity contribution in [3.63, 3.8) is 0 Å². The van der Waals surface area contributed by atoms with Crippen molar-refractivity contribution in [2.45, 2.75) is 45.3 Å². The summed E-state index contributed by atoms with van der Waals surface area (Å²) in [5, 5.41) is 9.57. The minimum atomic E-state index is -0.259. The van der Waals surface area contributed by atoms with E-state index in [-0.39, 0.29) is 11.7 Å². The molecule has 0 aromatic carbocycles. The zero-order valence-electron chi connectivity index (χ0n) is 7.63. The summed E-state index contributed by atoms with van der Waals surface area (Å²) >= 11 is 0. The molecule has 0 spiro atoms. The van der Waals surface area contributed by atoms with E-state index in [1.807, 2.05) is 6.92 Å². The fourth-order valence-corrected chi connectivity index (χ4v) is 1.10. The van der Waals surface area contributed by atoms with Crippen LogP contribution >= 0.6 is 0 Å². The zero-order chi connectivity index (χ0) is 8.48. The van der Waals surface area contributed by atoms with E-state index in [0.29, 0.717) is 5.92 Å². The highest BCUT2D eigenvalue weighted by Gasteiger charge is 2.45. The van der Waals surface area contributed by atoms with Crippen molar-refractivity contribution >= 4 is 0 Å². The number of hydrogen-bond donors (Lipinski definition) is 1. The van der Waals surface area contributed by atoms with Crippen LogP contribution in [0.1, 0.15) is 33.6 Å². The van der Waals surface area contributed by atoms with Crippen LogP contribution in [0.4, 0.5) is 0 Å². The van der Waals surface area contributed by atoms with E-state index >= 15 is 0 Å². The highest BCUT2D eigenvalue weighted by atomic mass is 16.6. The summed E-state index contributed by atoms with van der Waals surface area (Å²) in [7, 11) is 0. The highest BCUT2D eigenvalue weighted by molar-refractivity contribution is 4.94. The maximum atomic E-state index is 9.57. The van der Waals surface area contributed by atoms with Gasteiger partial charge in [-0.3, -0.25) is 0 Å². The number of ether oxygens (including phenoxy) is 1. The summed E-state index contributed by atoms with van der Waals surface area (Å²) in [5.74, 6) is 0.673. The van der Waals surface area contributed by atoms with E-state index in [0.717, 1.165) is 19.4 Å². The van der Waals surface area contributed by atoms with Crippen LogP contribution in [0, 0.1) is 5.92 Å². The molecule has 0 saturated carbocycles. The smallest absolute Gasteiger partial charge is 0.115 e. The van der Waals surface area contributed by atoms with Gasteiger partial charge in [0.1, 0.15) is 5.60 Å². The Bertz CT molecular complexity index is 128. The van der Waals surface area contributed by atoms with Crippen LogP contribution in [-0.2, 0) is 4.74 Å². The molecule has 2 unspecified atom stereocenters. The molecule has 0 aliphatic carbocycles. The van der Waals surface area contributed by atoms with Crippen LogP contribution in [0.15, 0.2) is 0 Å². The van der Waals surface area contributed by atoms with Gasteiger partial charge in [0, 0.05) is 0 Å². The third-order valence-corrected chi connectivity index (χ3v) is 2.32. The second kappa shape index (κ2) is 3.11. The van der Waals surface area contributed by atoms with Gasteiger partial charge in [-0.25, -0.2) is 0 Å². The van der Waals surface area contributed by atoms with Gasteiger partial charge in [0.25, 0.3) is 0 Å². The average molecular weight is 158 g/mol. The summed E-state index contributed by atoms with van der Waals surface area (Å²) in [6.07, 6.45) is 1.69. The van der Waals surface area contributed by atoms with Crippen LogP contribution in [-0.4, -0.2) is 23.4 Å². The van der Waals surface area contributed by atoms with Crippen LogP contribution in [0.5, 0.6) is 0 Å². The fourth-order valence-electron chi connectivity index (χ4n) is 1.10. The Kier molecular flexibility index (Phi) is 2.55. The number of rotatable bonds is 4. The van der Waals surface area contributed by atoms with Gasteiger partial charge in [-0.2, -0.15) is 0 Å². The summed E-state index contributed by atoms with van der Waals surface area (Å²) in [6, 6.07) is 0. The first-order chi connectivity index (χ1) is 5.04. The Morgan fingerprint density at radius 2 is 2.00 bits per heavy atom. The molecule has 0 radical (unpaired) electrons. The normalized spacial score (nSPS) is 32.5. The first kappa shape index (κ1) is 9.01. The van der Waals surface area contributed by atoms with E-state index < -0.39 is 0 Å². The van der Waals surface area contributed by atoms with Crippen molar-refractivity contribution < 1.29 is 9.84 Å². The summed E-state index contributed by atoms with van der Waals surface area (Å²) in [6.45, 7) is 7.04. The largest absolute Gasteiger partial charge is 0.390 e. The lowest BCUT2D eigenvalue weighted by molar-refractivity contribution is 0.0728. The molecule has 2 atom stereocenters. The number of hydrogen-bond acceptors (Lipinski definition) is 2. The maximum absolute atomic E-state index is 9.57. The molecule has 1 aliphatic heterocycles. The summed E-state index contributed by atoms with van der Waals surface area (Å²) in [4.78, 5) is 0. The standard InChI is InChI=1S/C9H18O2/c1-7(2)4-5-8(10)9(3)6-11-9/h7-8,10H,4-6H2,1-3H3. The van der Waals surface area contributed by atoms with Gasteiger partial charge < -0.3 is 9.84 Å². The topological polar surface area (TPSA) is 32.8 Å². The van der Waals surface area contributed by atoms with E-state index in [2.05, 4.69) is 13.8 Å². The van der Waals surface area contributed by atoms with E-state index in [4.69, 9.17) is 4.74 Å². The third-order valence-electron chi connectivity index (χ3n) is 2.32. The van der Waals surface area contributed by atoms with Crippen LogP contribution in [0.25, 0.3) is 0 Å². The fraction of sp³-hybridized carbons (Fsp3) is 1.00. The van der Waals surface area contributed by atoms with Crippen molar-refractivity contribution in [3.8, 4) is 0 Å². The molecule has 0 aromatic rings. The van der Waals surface area contributed by atoms with Gasteiger partial charge in [0.15, 0.2) is 0 Å². The molecule has 2 nitrogen and oxygen atoms in total. The minimum absolute atomic E-state index is 0.200. The molecule has 1 fully saturated rings. The van der Waals surface area contributed by atoms with Gasteiger partial charge in [-0.1, -0.05) is 13.8 Å². The van der Waals surface area contributed by atoms with Crippen LogP contribution in [0.2, 0.25) is 0 Å². The molecule has 0 aromatic heterocycles.